The molecule has 0 fully saturated rings. The first-order valence-corrected chi connectivity index (χ1v) is 11.9. The molecule has 1 N–H and O–H groups in total. The van der Waals surface area contributed by atoms with E-state index in [1.54, 1.807) is 11.8 Å². The van der Waals surface area contributed by atoms with Crippen molar-refractivity contribution in [3.63, 3.8) is 0 Å². The Kier molecular flexibility index (Phi) is 6.01. The molecule has 4 rings (SSSR count). The van der Waals surface area contributed by atoms with Crippen LogP contribution in [0.25, 0.3) is 0 Å². The van der Waals surface area contributed by atoms with Crippen LogP contribution < -0.4 is 14.8 Å². The molecule has 8 heteroatoms. The van der Waals surface area contributed by atoms with Crippen molar-refractivity contribution in [2.75, 3.05) is 24.3 Å². The van der Waals surface area contributed by atoms with Crippen molar-refractivity contribution in [2.24, 2.45) is 5.41 Å². The van der Waals surface area contributed by atoms with Gasteiger partial charge in [-0.05, 0) is 49.1 Å². The minimum atomic E-state index is -0.344. The summed E-state index contributed by atoms with van der Waals surface area (Å²) in [5.41, 5.74) is 2.57. The van der Waals surface area contributed by atoms with Crippen molar-refractivity contribution in [3.05, 3.63) is 35.0 Å². The third-order valence-corrected chi connectivity index (χ3v) is 6.19. The average molecular weight is 443 g/mol. The third kappa shape index (κ3) is 4.18. The zero-order chi connectivity index (χ0) is 22.2. The first kappa shape index (κ1) is 21.7. The molecule has 7 nitrogen and oxygen atoms in total. The molecule has 2 heterocycles. The molecule has 0 saturated heterocycles. The van der Waals surface area contributed by atoms with Gasteiger partial charge in [-0.3, -0.25) is 4.79 Å². The van der Waals surface area contributed by atoms with Gasteiger partial charge in [-0.2, -0.15) is 4.98 Å². The Morgan fingerprint density at radius 3 is 2.61 bits per heavy atom. The Morgan fingerprint density at radius 2 is 1.90 bits per heavy atom. The number of carbonyl (C=O) groups excluding carboxylic acids is 1. The number of nitrogens with one attached hydrogen (secondary N) is 1. The van der Waals surface area contributed by atoms with E-state index in [1.807, 2.05) is 36.7 Å². The lowest BCUT2D eigenvalue weighted by Crippen LogP contribution is -2.36. The summed E-state index contributed by atoms with van der Waals surface area (Å²) >= 11 is 1.59. The highest BCUT2D eigenvalue weighted by Gasteiger charge is 2.42. The third-order valence-electron chi connectivity index (χ3n) is 5.47. The van der Waals surface area contributed by atoms with Gasteiger partial charge in [0.15, 0.2) is 17.3 Å². The van der Waals surface area contributed by atoms with Gasteiger partial charge in [0.25, 0.3) is 0 Å². The molecule has 1 atom stereocenters. The number of ketones is 1. The van der Waals surface area contributed by atoms with Crippen LogP contribution in [0.1, 0.15) is 59.1 Å². The average Bonchev–Trinajstić information content (AvgIpc) is 3.09. The molecule has 0 radical (unpaired) electrons. The highest BCUT2D eigenvalue weighted by atomic mass is 32.2. The minimum absolute atomic E-state index is 0.0913. The summed E-state index contributed by atoms with van der Waals surface area (Å²) in [6, 6.07) is 5.55. The first-order valence-electron chi connectivity index (χ1n) is 10.9. The number of ether oxygens (including phenoxy) is 2. The fourth-order valence-corrected chi connectivity index (χ4v) is 4.88. The van der Waals surface area contributed by atoms with Crippen LogP contribution in [-0.2, 0) is 4.79 Å². The summed E-state index contributed by atoms with van der Waals surface area (Å²) in [5, 5.41) is 8.86. The Morgan fingerprint density at radius 1 is 1.16 bits per heavy atom. The summed E-state index contributed by atoms with van der Waals surface area (Å²) in [7, 11) is 0. The van der Waals surface area contributed by atoms with Gasteiger partial charge in [0.05, 0.1) is 13.2 Å². The van der Waals surface area contributed by atoms with Crippen LogP contribution in [0.2, 0.25) is 0 Å². The SMILES string of the molecule is CCOc1ccc(C2C3=C(CC(C)(C)CC3=O)Nc3nc(SCC)nn32)cc1OCC. The maximum absolute atomic E-state index is 13.3. The highest BCUT2D eigenvalue weighted by molar-refractivity contribution is 7.99. The van der Waals surface area contributed by atoms with Crippen molar-refractivity contribution in [3.8, 4) is 11.5 Å². The van der Waals surface area contributed by atoms with E-state index in [0.29, 0.717) is 42.2 Å². The van der Waals surface area contributed by atoms with E-state index in [-0.39, 0.29) is 17.2 Å². The molecular formula is C23H30N4O3S. The van der Waals surface area contributed by atoms with Crippen LogP contribution >= 0.6 is 11.8 Å². The van der Waals surface area contributed by atoms with E-state index in [0.717, 1.165) is 29.0 Å². The standard InChI is InChI=1S/C23H30N4O3S/c1-6-29-17-10-9-14(11-18(17)30-7-2)20-19-15(12-23(4,5)13-16(19)28)24-21-25-22(31-8-3)26-27(20)21/h9-11,20H,6-8,12-13H2,1-5H3,(H,24,25,26). The van der Waals surface area contributed by atoms with Gasteiger partial charge in [0.2, 0.25) is 11.1 Å². The number of thioether (sulfide) groups is 1. The topological polar surface area (TPSA) is 78.3 Å². The largest absolute Gasteiger partial charge is 0.490 e. The van der Waals surface area contributed by atoms with E-state index in [9.17, 15) is 4.79 Å². The van der Waals surface area contributed by atoms with Gasteiger partial charge < -0.3 is 14.8 Å². The molecule has 0 spiro atoms. The minimum Gasteiger partial charge on any atom is -0.490 e. The van der Waals surface area contributed by atoms with E-state index in [2.05, 4.69) is 31.1 Å². The van der Waals surface area contributed by atoms with Gasteiger partial charge in [0.1, 0.15) is 6.04 Å². The Bertz CT molecular complexity index is 1030. The van der Waals surface area contributed by atoms with Crippen LogP contribution in [0.15, 0.2) is 34.6 Å². The molecule has 1 aliphatic heterocycles. The lowest BCUT2D eigenvalue weighted by atomic mass is 9.73. The Hall–Kier alpha value is -2.48. The molecule has 1 aliphatic carbocycles. The van der Waals surface area contributed by atoms with Crippen LogP contribution in [-0.4, -0.2) is 39.5 Å². The molecule has 0 amide bonds. The lowest BCUT2D eigenvalue weighted by Gasteiger charge is -2.38. The quantitative estimate of drug-likeness (QED) is 0.614. The molecule has 31 heavy (non-hydrogen) atoms. The van der Waals surface area contributed by atoms with Crippen molar-refractivity contribution in [2.45, 2.75) is 58.7 Å². The fraction of sp³-hybridized carbons (Fsp3) is 0.522. The first-order chi connectivity index (χ1) is 14.9. The second-order valence-corrected chi connectivity index (χ2v) is 9.76. The number of hydrogen-bond donors (Lipinski definition) is 1. The van der Waals surface area contributed by atoms with Crippen LogP contribution in [0.3, 0.4) is 0 Å². The number of benzene rings is 1. The number of carbonyl (C=O) groups is 1. The second kappa shape index (κ2) is 8.57. The number of nitrogens with zero attached hydrogens (tertiary/aromatic N) is 3. The van der Waals surface area contributed by atoms with Gasteiger partial charge in [-0.1, -0.05) is 38.6 Å². The number of rotatable bonds is 7. The predicted molar refractivity (Wildman–Crippen MR) is 122 cm³/mol. The summed E-state index contributed by atoms with van der Waals surface area (Å²) in [6.07, 6.45) is 1.31. The number of Topliss-reactive ketones (excluding diaryl/α,β-unsaturated/α-hetero) is 1. The van der Waals surface area contributed by atoms with Crippen LogP contribution in [0.4, 0.5) is 5.95 Å². The molecule has 2 aliphatic rings. The lowest BCUT2D eigenvalue weighted by molar-refractivity contribution is -0.118. The van der Waals surface area contributed by atoms with Crippen molar-refractivity contribution < 1.29 is 14.3 Å². The van der Waals surface area contributed by atoms with E-state index in [1.165, 1.54) is 0 Å². The normalized spacial score (nSPS) is 19.5. The molecule has 0 saturated carbocycles. The maximum atomic E-state index is 13.3. The Labute approximate surface area is 187 Å². The highest BCUT2D eigenvalue weighted by Crippen LogP contribution is 2.46. The summed E-state index contributed by atoms with van der Waals surface area (Å²) in [4.78, 5) is 18.0. The van der Waals surface area contributed by atoms with Gasteiger partial charge in [-0.15, -0.1) is 5.10 Å². The van der Waals surface area contributed by atoms with E-state index < -0.39 is 0 Å². The summed E-state index contributed by atoms with van der Waals surface area (Å²) in [6.45, 7) is 11.3. The number of aromatic nitrogens is 3. The van der Waals surface area contributed by atoms with Gasteiger partial charge in [0, 0.05) is 17.7 Å². The molecule has 1 aromatic heterocycles. The smallest absolute Gasteiger partial charge is 0.227 e. The maximum Gasteiger partial charge on any atom is 0.227 e. The van der Waals surface area contributed by atoms with Crippen molar-refractivity contribution in [1.29, 1.82) is 0 Å². The van der Waals surface area contributed by atoms with Crippen LogP contribution in [0.5, 0.6) is 11.5 Å². The summed E-state index contributed by atoms with van der Waals surface area (Å²) < 4.78 is 13.4. The van der Waals surface area contributed by atoms with Crippen LogP contribution in [0, 0.1) is 5.41 Å². The molecule has 166 valence electrons. The van der Waals surface area contributed by atoms with E-state index in [4.69, 9.17) is 14.6 Å². The monoisotopic (exact) mass is 442 g/mol. The molecular weight excluding hydrogens is 412 g/mol. The second-order valence-electron chi connectivity index (χ2n) is 8.53. The number of anilines is 1. The van der Waals surface area contributed by atoms with E-state index >= 15 is 0 Å². The number of fused-ring (bicyclic) bond motifs is 1. The molecule has 1 unspecified atom stereocenters. The molecule has 2 aromatic rings. The Balaban J connectivity index is 1.86. The van der Waals surface area contributed by atoms with Gasteiger partial charge in [-0.25, -0.2) is 4.68 Å². The van der Waals surface area contributed by atoms with Crippen molar-refractivity contribution >= 4 is 23.5 Å². The zero-order valence-electron chi connectivity index (χ0n) is 18.8. The number of hydrogen-bond acceptors (Lipinski definition) is 7. The number of allylic oxidation sites excluding steroid dienone is 2. The van der Waals surface area contributed by atoms with Gasteiger partial charge >= 0.3 is 0 Å². The van der Waals surface area contributed by atoms with Crippen molar-refractivity contribution in [1.82, 2.24) is 14.8 Å². The predicted octanol–water partition coefficient (Wildman–Crippen LogP) is 4.85. The summed E-state index contributed by atoms with van der Waals surface area (Å²) in [5.74, 6) is 3.09. The molecule has 0 bridgehead atoms. The zero-order valence-corrected chi connectivity index (χ0v) is 19.6. The molecule has 1 aromatic carbocycles. The fourth-order valence-electron chi connectivity index (χ4n) is 4.33.